The van der Waals surface area contributed by atoms with Crippen molar-refractivity contribution in [1.82, 2.24) is 14.9 Å². The van der Waals surface area contributed by atoms with E-state index in [1.807, 2.05) is 19.2 Å². The van der Waals surface area contributed by atoms with Crippen LogP contribution < -0.4 is 5.32 Å². The third-order valence-electron chi connectivity index (χ3n) is 3.14. The van der Waals surface area contributed by atoms with Crippen LogP contribution in [-0.2, 0) is 6.54 Å². The number of anilines is 1. The maximum atomic E-state index is 9.98. The Hall–Kier alpha value is -1.24. The van der Waals surface area contributed by atoms with Crippen LogP contribution in [0.3, 0.4) is 0 Å². The molecule has 0 aliphatic rings. The molecule has 0 bridgehead atoms. The highest BCUT2D eigenvalue weighted by atomic mass is 32.1. The number of aromatic nitrogens is 2. The van der Waals surface area contributed by atoms with Crippen LogP contribution >= 0.6 is 11.3 Å². The van der Waals surface area contributed by atoms with Crippen molar-refractivity contribution in [3.63, 3.8) is 0 Å². The molecule has 0 aromatic carbocycles. The van der Waals surface area contributed by atoms with Crippen molar-refractivity contribution in [2.24, 2.45) is 0 Å². The third-order valence-corrected chi connectivity index (χ3v) is 3.95. The van der Waals surface area contributed by atoms with Crippen LogP contribution in [0.25, 0.3) is 10.2 Å². The lowest BCUT2D eigenvalue weighted by Gasteiger charge is -2.27. The first-order chi connectivity index (χ1) is 9.93. The van der Waals surface area contributed by atoms with Crippen molar-refractivity contribution >= 4 is 27.4 Å². The number of fused-ring (bicyclic) bond motifs is 1. The zero-order valence-electron chi connectivity index (χ0n) is 13.2. The highest BCUT2D eigenvalue weighted by molar-refractivity contribution is 7.16. The smallest absolute Gasteiger partial charge is 0.146 e. The van der Waals surface area contributed by atoms with Gasteiger partial charge >= 0.3 is 0 Å². The normalized spacial score (nSPS) is 12.3. The molecule has 0 aliphatic carbocycles. The van der Waals surface area contributed by atoms with Gasteiger partial charge in [0.1, 0.15) is 16.5 Å². The van der Waals surface area contributed by atoms with Gasteiger partial charge in [0, 0.05) is 13.1 Å². The molecule has 0 atom stereocenters. The number of aliphatic hydroxyl groups is 1. The Balaban J connectivity index is 2.24. The Morgan fingerprint density at radius 1 is 1.33 bits per heavy atom. The van der Waals surface area contributed by atoms with E-state index in [0.29, 0.717) is 13.1 Å². The molecule has 21 heavy (non-hydrogen) atoms. The summed E-state index contributed by atoms with van der Waals surface area (Å²) in [6, 6.07) is 2.05. The summed E-state index contributed by atoms with van der Waals surface area (Å²) in [6.07, 6.45) is 0. The van der Waals surface area contributed by atoms with E-state index in [4.69, 9.17) is 0 Å². The van der Waals surface area contributed by atoms with Crippen LogP contribution in [0.4, 0.5) is 5.82 Å². The van der Waals surface area contributed by atoms with Gasteiger partial charge in [0.2, 0.25) is 0 Å². The second kappa shape index (κ2) is 6.68. The number of likely N-dealkylation sites (N-methyl/N-ethyl adjacent to an activating group) is 1. The van der Waals surface area contributed by atoms with Gasteiger partial charge in [-0.1, -0.05) is 6.92 Å². The molecule has 0 spiro atoms. The van der Waals surface area contributed by atoms with E-state index in [0.717, 1.165) is 34.9 Å². The van der Waals surface area contributed by atoms with Crippen LogP contribution in [0.2, 0.25) is 0 Å². The first kappa shape index (κ1) is 16.1. The summed E-state index contributed by atoms with van der Waals surface area (Å²) < 4.78 is 0. The van der Waals surface area contributed by atoms with Crippen LogP contribution in [0.1, 0.15) is 33.5 Å². The molecule has 0 fully saturated rings. The first-order valence-corrected chi connectivity index (χ1v) is 8.23. The van der Waals surface area contributed by atoms with Crippen LogP contribution in [0.5, 0.6) is 0 Å². The molecular formula is C15H24N4OS. The molecule has 2 aromatic rings. The molecule has 0 aliphatic heterocycles. The standard InChI is InChI=1S/C15H24N4OS/c1-5-16-13-11-7-8-21-14(11)18-12(17-13)9-19(6-2)10-15(3,4)20/h7-8,20H,5-6,9-10H2,1-4H3,(H,16,17,18). The Morgan fingerprint density at radius 2 is 2.10 bits per heavy atom. The summed E-state index contributed by atoms with van der Waals surface area (Å²) in [4.78, 5) is 12.4. The molecule has 116 valence electrons. The topological polar surface area (TPSA) is 61.3 Å². The predicted molar refractivity (Wildman–Crippen MR) is 88.8 cm³/mol. The average molecular weight is 308 g/mol. The van der Waals surface area contributed by atoms with Crippen molar-refractivity contribution in [2.45, 2.75) is 39.8 Å². The lowest BCUT2D eigenvalue weighted by molar-refractivity contribution is 0.0346. The van der Waals surface area contributed by atoms with Crippen LogP contribution in [-0.4, -0.2) is 45.2 Å². The minimum Gasteiger partial charge on any atom is -0.389 e. The van der Waals surface area contributed by atoms with Gasteiger partial charge < -0.3 is 10.4 Å². The lowest BCUT2D eigenvalue weighted by atomic mass is 10.1. The van der Waals surface area contributed by atoms with Gasteiger partial charge in [0.15, 0.2) is 0 Å². The second-order valence-electron chi connectivity index (χ2n) is 5.77. The summed E-state index contributed by atoms with van der Waals surface area (Å²) in [6.45, 7) is 10.7. The van der Waals surface area contributed by atoms with Crippen molar-refractivity contribution < 1.29 is 5.11 Å². The molecule has 6 heteroatoms. The molecule has 2 N–H and O–H groups in total. The van der Waals surface area contributed by atoms with E-state index >= 15 is 0 Å². The van der Waals surface area contributed by atoms with E-state index in [-0.39, 0.29) is 0 Å². The fraction of sp³-hybridized carbons (Fsp3) is 0.600. The summed E-state index contributed by atoms with van der Waals surface area (Å²) >= 11 is 1.63. The summed E-state index contributed by atoms with van der Waals surface area (Å²) in [5, 5.41) is 16.4. The number of nitrogens with one attached hydrogen (secondary N) is 1. The van der Waals surface area contributed by atoms with Gasteiger partial charge in [-0.25, -0.2) is 9.97 Å². The van der Waals surface area contributed by atoms with E-state index in [2.05, 4.69) is 40.1 Å². The zero-order valence-corrected chi connectivity index (χ0v) is 14.0. The molecule has 2 rings (SSSR count). The summed E-state index contributed by atoms with van der Waals surface area (Å²) in [5.74, 6) is 1.70. The van der Waals surface area contributed by atoms with E-state index in [9.17, 15) is 5.11 Å². The number of thiophene rings is 1. The molecular weight excluding hydrogens is 284 g/mol. The van der Waals surface area contributed by atoms with E-state index in [1.165, 1.54) is 0 Å². The first-order valence-electron chi connectivity index (χ1n) is 7.35. The number of hydrogen-bond acceptors (Lipinski definition) is 6. The van der Waals surface area contributed by atoms with Crippen LogP contribution in [0, 0.1) is 0 Å². The predicted octanol–water partition coefficient (Wildman–Crippen LogP) is 2.72. The van der Waals surface area contributed by atoms with Crippen molar-refractivity contribution in [1.29, 1.82) is 0 Å². The highest BCUT2D eigenvalue weighted by Gasteiger charge is 2.19. The van der Waals surface area contributed by atoms with Gasteiger partial charge in [-0.15, -0.1) is 11.3 Å². The molecule has 0 saturated heterocycles. The lowest BCUT2D eigenvalue weighted by Crippen LogP contribution is -2.38. The fourth-order valence-electron chi connectivity index (χ4n) is 2.30. The molecule has 5 nitrogen and oxygen atoms in total. The maximum Gasteiger partial charge on any atom is 0.146 e. The number of rotatable bonds is 7. The summed E-state index contributed by atoms with van der Waals surface area (Å²) in [7, 11) is 0. The van der Waals surface area contributed by atoms with Crippen molar-refractivity contribution in [2.75, 3.05) is 25.0 Å². The Bertz CT molecular complexity index is 591. The molecule has 0 saturated carbocycles. The summed E-state index contributed by atoms with van der Waals surface area (Å²) in [5.41, 5.74) is -0.715. The second-order valence-corrected chi connectivity index (χ2v) is 6.67. The minimum atomic E-state index is -0.715. The highest BCUT2D eigenvalue weighted by Crippen LogP contribution is 2.25. The molecule has 2 aromatic heterocycles. The maximum absolute atomic E-state index is 9.98. The Labute approximate surface area is 130 Å². The van der Waals surface area contributed by atoms with E-state index < -0.39 is 5.60 Å². The average Bonchev–Trinajstić information content (AvgIpc) is 2.85. The van der Waals surface area contributed by atoms with Gasteiger partial charge in [-0.05, 0) is 38.8 Å². The minimum absolute atomic E-state index is 0.603. The monoisotopic (exact) mass is 308 g/mol. The fourth-order valence-corrected chi connectivity index (χ4v) is 3.08. The molecule has 0 unspecified atom stereocenters. The SMILES string of the molecule is CCNc1nc(CN(CC)CC(C)(C)O)nc2sccc12. The van der Waals surface area contributed by atoms with Crippen molar-refractivity contribution in [3.8, 4) is 0 Å². The van der Waals surface area contributed by atoms with E-state index in [1.54, 1.807) is 11.3 Å². The van der Waals surface area contributed by atoms with Gasteiger partial charge in [-0.3, -0.25) is 4.90 Å². The third kappa shape index (κ3) is 4.36. The van der Waals surface area contributed by atoms with Gasteiger partial charge in [0.05, 0.1) is 17.5 Å². The number of hydrogen-bond donors (Lipinski definition) is 2. The van der Waals surface area contributed by atoms with Gasteiger partial charge in [0.25, 0.3) is 0 Å². The van der Waals surface area contributed by atoms with Gasteiger partial charge in [-0.2, -0.15) is 0 Å². The largest absolute Gasteiger partial charge is 0.389 e. The Morgan fingerprint density at radius 3 is 2.71 bits per heavy atom. The number of nitrogens with zero attached hydrogens (tertiary/aromatic N) is 3. The van der Waals surface area contributed by atoms with Crippen LogP contribution in [0.15, 0.2) is 11.4 Å². The molecule has 0 radical (unpaired) electrons. The molecule has 0 amide bonds. The van der Waals surface area contributed by atoms with Crippen molar-refractivity contribution in [3.05, 3.63) is 17.3 Å². The quantitative estimate of drug-likeness (QED) is 0.823. The zero-order chi connectivity index (χ0) is 15.5. The molecule has 2 heterocycles. The Kier molecular flexibility index (Phi) is 5.13.